The molecule has 2 aromatic rings. The fourth-order valence-electron chi connectivity index (χ4n) is 2.97. The van der Waals surface area contributed by atoms with Crippen molar-refractivity contribution < 1.29 is 13.2 Å². The quantitative estimate of drug-likeness (QED) is 0.861. The summed E-state index contributed by atoms with van der Waals surface area (Å²) < 4.78 is 27.1. The number of benzene rings is 1. The van der Waals surface area contributed by atoms with Crippen LogP contribution >= 0.6 is 0 Å². The van der Waals surface area contributed by atoms with Gasteiger partial charge in [-0.05, 0) is 30.7 Å². The summed E-state index contributed by atoms with van der Waals surface area (Å²) in [7, 11) is -2.34. The summed E-state index contributed by atoms with van der Waals surface area (Å²) >= 11 is 0. The maximum absolute atomic E-state index is 13.0. The van der Waals surface area contributed by atoms with Crippen molar-refractivity contribution in [3.8, 4) is 0 Å². The Morgan fingerprint density at radius 1 is 1.28 bits per heavy atom. The van der Waals surface area contributed by atoms with Crippen molar-refractivity contribution in [1.82, 2.24) is 19.5 Å². The zero-order chi connectivity index (χ0) is 18.0. The first-order valence-corrected chi connectivity index (χ1v) is 9.64. The third kappa shape index (κ3) is 3.51. The molecule has 0 radical (unpaired) electrons. The topological polar surface area (TPSA) is 82.6 Å². The highest BCUT2D eigenvalue weighted by molar-refractivity contribution is 7.89. The summed E-state index contributed by atoms with van der Waals surface area (Å²) in [6.07, 6.45) is 1.64. The fraction of sp³-hybridized carbons (Fsp3) is 0.412. The first-order valence-electron chi connectivity index (χ1n) is 8.20. The van der Waals surface area contributed by atoms with Crippen LogP contribution in [0.4, 0.5) is 0 Å². The summed E-state index contributed by atoms with van der Waals surface area (Å²) in [5.74, 6) is -0.179. The molecule has 0 spiro atoms. The third-order valence-corrected chi connectivity index (χ3v) is 6.31. The second-order valence-corrected chi connectivity index (χ2v) is 8.19. The lowest BCUT2D eigenvalue weighted by molar-refractivity contribution is -0.131. The minimum atomic E-state index is -3.79. The molecule has 0 saturated carbocycles. The number of carbonyl (C=O) groups excluding carboxylic acids is 1. The summed E-state index contributed by atoms with van der Waals surface area (Å²) in [5.41, 5.74) is 1.57. The normalized spacial score (nSPS) is 15.7. The van der Waals surface area contributed by atoms with Crippen LogP contribution in [-0.4, -0.2) is 68.3 Å². The van der Waals surface area contributed by atoms with Crippen molar-refractivity contribution in [2.24, 2.45) is 0 Å². The highest BCUT2D eigenvalue weighted by atomic mass is 32.2. The van der Waals surface area contributed by atoms with Crippen molar-refractivity contribution >= 4 is 26.8 Å². The van der Waals surface area contributed by atoms with E-state index in [1.165, 1.54) is 7.05 Å². The average molecular weight is 362 g/mol. The number of aromatic nitrogens is 1. The molecule has 0 bridgehead atoms. The number of nitrogens with one attached hydrogen (secondary N) is 1. The molecule has 1 aliphatic rings. The molecular weight excluding hydrogens is 340 g/mol. The average Bonchev–Trinajstić information content (AvgIpc) is 2.62. The van der Waals surface area contributed by atoms with E-state index in [4.69, 9.17) is 0 Å². The van der Waals surface area contributed by atoms with Gasteiger partial charge in [-0.3, -0.25) is 9.78 Å². The number of rotatable bonds is 4. The van der Waals surface area contributed by atoms with Gasteiger partial charge in [-0.2, -0.15) is 4.31 Å². The van der Waals surface area contributed by atoms with Crippen molar-refractivity contribution in [3.05, 3.63) is 36.0 Å². The molecule has 0 aliphatic carbocycles. The Kier molecular flexibility index (Phi) is 5.03. The van der Waals surface area contributed by atoms with E-state index in [-0.39, 0.29) is 17.3 Å². The van der Waals surface area contributed by atoms with Crippen LogP contribution in [0.1, 0.15) is 5.56 Å². The monoisotopic (exact) mass is 362 g/mol. The molecule has 134 valence electrons. The first-order chi connectivity index (χ1) is 11.9. The van der Waals surface area contributed by atoms with Crippen molar-refractivity contribution in [2.75, 3.05) is 39.8 Å². The molecule has 1 amide bonds. The van der Waals surface area contributed by atoms with Gasteiger partial charge in [0.25, 0.3) is 0 Å². The summed E-state index contributed by atoms with van der Waals surface area (Å²) in [6.45, 7) is 4.39. The van der Waals surface area contributed by atoms with Crippen molar-refractivity contribution in [2.45, 2.75) is 11.8 Å². The number of fused-ring (bicyclic) bond motifs is 1. The number of piperazine rings is 1. The number of sulfonamides is 1. The number of carbonyl (C=O) groups is 1. The van der Waals surface area contributed by atoms with Crippen LogP contribution in [-0.2, 0) is 14.8 Å². The Morgan fingerprint density at radius 3 is 2.72 bits per heavy atom. The van der Waals surface area contributed by atoms with Gasteiger partial charge >= 0.3 is 0 Å². The number of likely N-dealkylation sites (N-methyl/N-ethyl adjacent to an activating group) is 1. The molecule has 1 saturated heterocycles. The van der Waals surface area contributed by atoms with Gasteiger partial charge in [0.15, 0.2) is 0 Å². The molecule has 7 nitrogen and oxygen atoms in total. The molecule has 1 aliphatic heterocycles. The fourth-order valence-corrected chi connectivity index (χ4v) is 4.27. The van der Waals surface area contributed by atoms with Gasteiger partial charge in [0, 0.05) is 44.8 Å². The van der Waals surface area contributed by atoms with Crippen LogP contribution in [0.5, 0.6) is 0 Å². The van der Waals surface area contributed by atoms with E-state index < -0.39 is 10.0 Å². The first kappa shape index (κ1) is 17.8. The van der Waals surface area contributed by atoms with Gasteiger partial charge in [0.1, 0.15) is 0 Å². The SMILES string of the molecule is Cc1ccc(S(=O)(=O)N(C)CC(=O)N2CCNCC2)c2cccnc12. The lowest BCUT2D eigenvalue weighted by Gasteiger charge is -2.29. The molecule has 1 N–H and O–H groups in total. The zero-order valence-electron chi connectivity index (χ0n) is 14.4. The van der Waals surface area contributed by atoms with E-state index in [1.807, 2.05) is 6.92 Å². The Labute approximate surface area is 147 Å². The smallest absolute Gasteiger partial charge is 0.243 e. The van der Waals surface area contributed by atoms with Gasteiger partial charge in [0.05, 0.1) is 17.0 Å². The van der Waals surface area contributed by atoms with Gasteiger partial charge in [-0.15, -0.1) is 0 Å². The van der Waals surface area contributed by atoms with Crippen LogP contribution in [0.3, 0.4) is 0 Å². The molecule has 1 aromatic carbocycles. The maximum atomic E-state index is 13.0. The summed E-state index contributed by atoms with van der Waals surface area (Å²) in [5, 5.41) is 3.74. The lowest BCUT2D eigenvalue weighted by atomic mass is 10.1. The molecular formula is C17H22N4O3S. The minimum Gasteiger partial charge on any atom is -0.339 e. The molecule has 0 atom stereocenters. The van der Waals surface area contributed by atoms with Crippen LogP contribution in [0, 0.1) is 6.92 Å². The van der Waals surface area contributed by atoms with Gasteiger partial charge in [-0.1, -0.05) is 6.07 Å². The third-order valence-electron chi connectivity index (χ3n) is 4.45. The van der Waals surface area contributed by atoms with Crippen LogP contribution in [0.25, 0.3) is 10.9 Å². The lowest BCUT2D eigenvalue weighted by Crippen LogP contribution is -2.49. The van der Waals surface area contributed by atoms with Crippen molar-refractivity contribution in [1.29, 1.82) is 0 Å². The van der Waals surface area contributed by atoms with Gasteiger partial charge < -0.3 is 10.2 Å². The Balaban J connectivity index is 1.88. The van der Waals surface area contributed by atoms with E-state index in [0.717, 1.165) is 23.0 Å². The standard InChI is InChI=1S/C17H22N4O3S/c1-13-5-6-15(14-4-3-7-19-17(13)14)25(23,24)20(2)12-16(22)21-10-8-18-9-11-21/h3-7,18H,8-12H2,1-2H3. The number of pyridine rings is 1. The zero-order valence-corrected chi connectivity index (χ0v) is 15.2. The molecule has 1 fully saturated rings. The summed E-state index contributed by atoms with van der Waals surface area (Å²) in [6, 6.07) is 6.79. The maximum Gasteiger partial charge on any atom is 0.243 e. The number of hydrogen-bond acceptors (Lipinski definition) is 5. The van der Waals surface area contributed by atoms with Crippen LogP contribution in [0.2, 0.25) is 0 Å². The van der Waals surface area contributed by atoms with Crippen LogP contribution < -0.4 is 5.32 Å². The largest absolute Gasteiger partial charge is 0.339 e. The van der Waals surface area contributed by atoms with Gasteiger partial charge in [-0.25, -0.2) is 8.42 Å². The molecule has 25 heavy (non-hydrogen) atoms. The highest BCUT2D eigenvalue weighted by Crippen LogP contribution is 2.26. The predicted octanol–water partition coefficient (Wildman–Crippen LogP) is 0.596. The van der Waals surface area contributed by atoms with E-state index in [9.17, 15) is 13.2 Å². The molecule has 1 aromatic heterocycles. The Morgan fingerprint density at radius 2 is 2.00 bits per heavy atom. The van der Waals surface area contributed by atoms with E-state index in [2.05, 4.69) is 10.3 Å². The number of nitrogens with zero attached hydrogens (tertiary/aromatic N) is 3. The molecule has 8 heteroatoms. The van der Waals surface area contributed by atoms with E-state index in [1.54, 1.807) is 35.4 Å². The minimum absolute atomic E-state index is 0.169. The number of hydrogen-bond donors (Lipinski definition) is 1. The molecule has 3 rings (SSSR count). The second-order valence-electron chi connectivity index (χ2n) is 6.17. The van der Waals surface area contributed by atoms with Gasteiger partial charge in [0.2, 0.25) is 15.9 Å². The van der Waals surface area contributed by atoms with Crippen LogP contribution in [0.15, 0.2) is 35.4 Å². The van der Waals surface area contributed by atoms with E-state index >= 15 is 0 Å². The number of amides is 1. The number of aryl methyl sites for hydroxylation is 1. The van der Waals surface area contributed by atoms with Crippen molar-refractivity contribution in [3.63, 3.8) is 0 Å². The second kappa shape index (κ2) is 7.07. The van der Waals surface area contributed by atoms with E-state index in [0.29, 0.717) is 24.0 Å². The summed E-state index contributed by atoms with van der Waals surface area (Å²) in [4.78, 5) is 18.5. The Hall–Kier alpha value is -2.03. The molecule has 0 unspecified atom stereocenters. The molecule has 2 heterocycles. The Bertz CT molecular complexity index is 892. The highest BCUT2D eigenvalue weighted by Gasteiger charge is 2.27. The predicted molar refractivity (Wildman–Crippen MR) is 95.7 cm³/mol.